The van der Waals surface area contributed by atoms with E-state index in [1.165, 1.54) is 16.8 Å². The number of carbonyl (C=O) groups excluding carboxylic acids is 1. The van der Waals surface area contributed by atoms with E-state index in [2.05, 4.69) is 41.7 Å². The van der Waals surface area contributed by atoms with Crippen LogP contribution < -0.4 is 5.32 Å². The summed E-state index contributed by atoms with van der Waals surface area (Å²) in [6.07, 6.45) is 1.97. The van der Waals surface area contributed by atoms with Gasteiger partial charge in [-0.05, 0) is 50.5 Å². The lowest BCUT2D eigenvalue weighted by molar-refractivity contribution is -0.0283. The third kappa shape index (κ3) is 4.20. The minimum atomic E-state index is 0.0145. The van der Waals surface area contributed by atoms with E-state index in [9.17, 15) is 4.79 Å². The quantitative estimate of drug-likeness (QED) is 0.840. The lowest BCUT2D eigenvalue weighted by Crippen LogP contribution is -2.50. The van der Waals surface area contributed by atoms with E-state index in [1.54, 1.807) is 0 Å². The molecule has 2 fully saturated rings. The van der Waals surface area contributed by atoms with E-state index < -0.39 is 0 Å². The van der Waals surface area contributed by atoms with Crippen molar-refractivity contribution in [3.63, 3.8) is 0 Å². The number of fused-ring (bicyclic) bond motifs is 1. The summed E-state index contributed by atoms with van der Waals surface area (Å²) >= 11 is 0. The molecule has 0 radical (unpaired) electrons. The van der Waals surface area contributed by atoms with Crippen molar-refractivity contribution in [2.75, 3.05) is 52.6 Å². The highest BCUT2D eigenvalue weighted by Gasteiger charge is 2.35. The van der Waals surface area contributed by atoms with Gasteiger partial charge in [0.25, 0.3) is 5.91 Å². The molecule has 0 saturated carbocycles. The molecule has 6 heteroatoms. The first-order valence-corrected chi connectivity index (χ1v) is 10.7. The molecular weight excluding hydrogens is 366 g/mol. The first kappa shape index (κ1) is 20.4. The zero-order chi connectivity index (χ0) is 20.4. The summed E-state index contributed by atoms with van der Waals surface area (Å²) < 4.78 is 13.3. The van der Waals surface area contributed by atoms with Gasteiger partial charge in [-0.15, -0.1) is 0 Å². The number of ether oxygens (including phenoxy) is 2. The van der Waals surface area contributed by atoms with Crippen LogP contribution in [-0.2, 0) is 16.5 Å². The molecule has 1 N–H and O–H groups in total. The average molecular weight is 400 g/mol. The molecule has 0 aliphatic carbocycles. The zero-order valence-corrected chi connectivity index (χ0v) is 17.9. The van der Waals surface area contributed by atoms with E-state index >= 15 is 0 Å². The number of morpholine rings is 1. The number of hydrogen-bond donors (Lipinski definition) is 1. The molecule has 2 aliphatic heterocycles. The summed E-state index contributed by atoms with van der Waals surface area (Å²) in [6, 6.07) is 6.03. The van der Waals surface area contributed by atoms with Gasteiger partial charge in [0.05, 0.1) is 13.2 Å². The zero-order valence-electron chi connectivity index (χ0n) is 17.9. The number of amides is 1. The van der Waals surface area contributed by atoms with Crippen LogP contribution in [0.15, 0.2) is 18.2 Å². The minimum Gasteiger partial charge on any atom is -0.381 e. The Kier molecular flexibility index (Phi) is 5.95. The topological polar surface area (TPSA) is 55.7 Å². The van der Waals surface area contributed by atoms with Crippen LogP contribution >= 0.6 is 0 Å². The van der Waals surface area contributed by atoms with Gasteiger partial charge in [0, 0.05) is 74.0 Å². The molecule has 29 heavy (non-hydrogen) atoms. The Labute approximate surface area is 173 Å². The van der Waals surface area contributed by atoms with Crippen LogP contribution in [0.25, 0.3) is 10.9 Å². The maximum Gasteiger partial charge on any atom is 0.251 e. The summed E-state index contributed by atoms with van der Waals surface area (Å²) in [4.78, 5) is 15.5. The van der Waals surface area contributed by atoms with Crippen molar-refractivity contribution in [1.82, 2.24) is 14.8 Å². The van der Waals surface area contributed by atoms with Crippen molar-refractivity contribution < 1.29 is 14.3 Å². The first-order valence-electron chi connectivity index (χ1n) is 10.7. The van der Waals surface area contributed by atoms with Crippen LogP contribution in [0.4, 0.5) is 0 Å². The Balaban J connectivity index is 1.47. The lowest BCUT2D eigenvalue weighted by Gasteiger charge is -2.42. The molecule has 6 nitrogen and oxygen atoms in total. The van der Waals surface area contributed by atoms with E-state index in [0.717, 1.165) is 69.9 Å². The number of hydrogen-bond acceptors (Lipinski definition) is 4. The molecule has 1 aromatic carbocycles. The van der Waals surface area contributed by atoms with Crippen LogP contribution in [0, 0.1) is 19.3 Å². The highest BCUT2D eigenvalue weighted by molar-refractivity contribution is 5.99. The van der Waals surface area contributed by atoms with Gasteiger partial charge in [-0.3, -0.25) is 9.69 Å². The van der Waals surface area contributed by atoms with Crippen molar-refractivity contribution in [2.45, 2.75) is 26.7 Å². The summed E-state index contributed by atoms with van der Waals surface area (Å²) in [5, 5.41) is 4.40. The standard InChI is InChI=1S/C23H33N3O3/c1-17-18(2)25(3)21-5-4-19(14-20(17)21)22(27)24-15-23(6-10-28-11-7-23)16-26-8-12-29-13-9-26/h4-5,14H,6-13,15-16H2,1-3H3,(H,24,27). The van der Waals surface area contributed by atoms with Gasteiger partial charge in [0.1, 0.15) is 0 Å². The number of aryl methyl sites for hydroxylation is 2. The van der Waals surface area contributed by atoms with Crippen LogP contribution in [0.1, 0.15) is 34.5 Å². The molecule has 2 saturated heterocycles. The molecule has 158 valence electrons. The molecule has 0 bridgehead atoms. The molecule has 2 aliphatic rings. The van der Waals surface area contributed by atoms with Crippen LogP contribution in [0.3, 0.4) is 0 Å². The van der Waals surface area contributed by atoms with Crippen molar-refractivity contribution in [2.24, 2.45) is 12.5 Å². The normalized spacial score (nSPS) is 20.1. The molecule has 1 aromatic heterocycles. The summed E-state index contributed by atoms with van der Waals surface area (Å²) in [5.74, 6) is 0.0145. The Hall–Kier alpha value is -1.89. The third-order valence-electron chi connectivity index (χ3n) is 6.91. The van der Waals surface area contributed by atoms with Crippen LogP contribution in [0.2, 0.25) is 0 Å². The number of aromatic nitrogens is 1. The van der Waals surface area contributed by atoms with Gasteiger partial charge in [-0.2, -0.15) is 0 Å². The molecule has 0 atom stereocenters. The van der Waals surface area contributed by atoms with Gasteiger partial charge < -0.3 is 19.4 Å². The number of nitrogens with one attached hydrogen (secondary N) is 1. The highest BCUT2D eigenvalue weighted by Crippen LogP contribution is 2.31. The summed E-state index contributed by atoms with van der Waals surface area (Å²) in [6.45, 7) is 11.0. The monoisotopic (exact) mass is 399 g/mol. The second-order valence-electron chi connectivity index (χ2n) is 8.68. The summed E-state index contributed by atoms with van der Waals surface area (Å²) in [7, 11) is 2.07. The fourth-order valence-electron chi connectivity index (χ4n) is 4.70. The van der Waals surface area contributed by atoms with Gasteiger partial charge in [-0.25, -0.2) is 0 Å². The van der Waals surface area contributed by atoms with E-state index in [1.807, 2.05) is 12.1 Å². The van der Waals surface area contributed by atoms with Crippen molar-refractivity contribution >= 4 is 16.8 Å². The third-order valence-corrected chi connectivity index (χ3v) is 6.91. The van der Waals surface area contributed by atoms with Gasteiger partial charge >= 0.3 is 0 Å². The highest BCUT2D eigenvalue weighted by atomic mass is 16.5. The lowest BCUT2D eigenvalue weighted by atomic mass is 9.79. The van der Waals surface area contributed by atoms with Gasteiger partial charge in [0.15, 0.2) is 0 Å². The fourth-order valence-corrected chi connectivity index (χ4v) is 4.70. The van der Waals surface area contributed by atoms with Crippen LogP contribution in [0.5, 0.6) is 0 Å². The predicted molar refractivity (Wildman–Crippen MR) is 114 cm³/mol. The predicted octanol–water partition coefficient (Wildman–Crippen LogP) is 2.65. The summed E-state index contributed by atoms with van der Waals surface area (Å²) in [5.41, 5.74) is 4.47. The Morgan fingerprint density at radius 1 is 1.10 bits per heavy atom. The van der Waals surface area contributed by atoms with Crippen LogP contribution in [-0.4, -0.2) is 68.0 Å². The molecule has 1 amide bonds. The van der Waals surface area contributed by atoms with Crippen molar-refractivity contribution in [3.8, 4) is 0 Å². The number of carbonyl (C=O) groups is 1. The Morgan fingerprint density at radius 2 is 1.79 bits per heavy atom. The molecule has 0 spiro atoms. The maximum atomic E-state index is 13.0. The van der Waals surface area contributed by atoms with Crippen molar-refractivity contribution in [1.29, 1.82) is 0 Å². The smallest absolute Gasteiger partial charge is 0.251 e. The van der Waals surface area contributed by atoms with E-state index in [0.29, 0.717) is 6.54 Å². The average Bonchev–Trinajstić information content (AvgIpc) is 2.97. The maximum absolute atomic E-state index is 13.0. The van der Waals surface area contributed by atoms with Crippen molar-refractivity contribution in [3.05, 3.63) is 35.0 Å². The second-order valence-corrected chi connectivity index (χ2v) is 8.68. The second kappa shape index (κ2) is 8.46. The molecular formula is C23H33N3O3. The minimum absolute atomic E-state index is 0.0145. The Bertz CT molecular complexity index is 877. The SMILES string of the molecule is Cc1c(C)n(C)c2ccc(C(=O)NCC3(CN4CCOCC4)CCOCC3)cc12. The molecule has 4 rings (SSSR count). The fraction of sp³-hybridized carbons (Fsp3) is 0.609. The number of nitrogens with zero attached hydrogens (tertiary/aromatic N) is 2. The molecule has 3 heterocycles. The van der Waals surface area contributed by atoms with E-state index in [-0.39, 0.29) is 11.3 Å². The van der Waals surface area contributed by atoms with Gasteiger partial charge in [0.2, 0.25) is 0 Å². The first-order chi connectivity index (χ1) is 14.0. The van der Waals surface area contributed by atoms with E-state index in [4.69, 9.17) is 9.47 Å². The largest absolute Gasteiger partial charge is 0.381 e. The Morgan fingerprint density at radius 3 is 2.52 bits per heavy atom. The number of benzene rings is 1. The molecule has 0 unspecified atom stereocenters. The molecule has 2 aromatic rings. The number of rotatable bonds is 5. The van der Waals surface area contributed by atoms with Gasteiger partial charge in [-0.1, -0.05) is 0 Å².